The number of nitrogens with two attached hydrogens (primary N) is 1. The normalized spacial score (nSPS) is 9.95. The summed E-state index contributed by atoms with van der Waals surface area (Å²) in [6.45, 7) is 2.59. The number of benzene rings is 1. The van der Waals surface area contributed by atoms with Crippen molar-refractivity contribution in [1.29, 1.82) is 0 Å². The second-order valence-corrected chi connectivity index (χ2v) is 4.30. The van der Waals surface area contributed by atoms with E-state index in [1.54, 1.807) is 6.07 Å². The molecule has 0 aliphatic carbocycles. The maximum Gasteiger partial charge on any atom is 0.131 e. The van der Waals surface area contributed by atoms with Gasteiger partial charge in [-0.3, -0.25) is 0 Å². The Labute approximate surface area is 117 Å². The number of pyridine rings is 1. The standard InChI is InChI=1S/C14H15N3OS/c1-2-18-11-6-3-5-10(9-11)16-13-8-4-7-12(17-13)14(15)19/h3-9H,2H2,1H3,(H2,15,19)(H,16,17). The fourth-order valence-corrected chi connectivity index (χ4v) is 1.73. The van der Waals surface area contributed by atoms with Crippen molar-refractivity contribution in [2.75, 3.05) is 11.9 Å². The molecule has 2 aromatic rings. The minimum absolute atomic E-state index is 0.284. The van der Waals surface area contributed by atoms with Crippen LogP contribution in [-0.2, 0) is 0 Å². The molecule has 0 unspecified atom stereocenters. The van der Waals surface area contributed by atoms with Gasteiger partial charge >= 0.3 is 0 Å². The number of ether oxygens (including phenoxy) is 1. The minimum Gasteiger partial charge on any atom is -0.494 e. The van der Waals surface area contributed by atoms with Gasteiger partial charge in [-0.2, -0.15) is 0 Å². The average molecular weight is 273 g/mol. The van der Waals surface area contributed by atoms with Crippen LogP contribution in [0.1, 0.15) is 12.6 Å². The molecule has 0 aliphatic rings. The van der Waals surface area contributed by atoms with Crippen molar-refractivity contribution in [2.45, 2.75) is 6.92 Å². The molecule has 0 amide bonds. The van der Waals surface area contributed by atoms with Crippen LogP contribution >= 0.6 is 12.2 Å². The molecule has 1 aromatic heterocycles. The Balaban J connectivity index is 2.18. The first-order valence-electron chi connectivity index (χ1n) is 5.96. The van der Waals surface area contributed by atoms with Crippen LogP contribution in [0.15, 0.2) is 42.5 Å². The van der Waals surface area contributed by atoms with Crippen LogP contribution < -0.4 is 15.8 Å². The van der Waals surface area contributed by atoms with Crippen LogP contribution in [0.2, 0.25) is 0 Å². The highest BCUT2D eigenvalue weighted by atomic mass is 32.1. The van der Waals surface area contributed by atoms with Gasteiger partial charge in [-0.15, -0.1) is 0 Å². The molecule has 0 bridgehead atoms. The molecule has 0 saturated carbocycles. The predicted octanol–water partition coefficient (Wildman–Crippen LogP) is 2.86. The van der Waals surface area contributed by atoms with Crippen LogP contribution in [0.4, 0.5) is 11.5 Å². The first-order chi connectivity index (χ1) is 9.19. The minimum atomic E-state index is 0.284. The summed E-state index contributed by atoms with van der Waals surface area (Å²) >= 11 is 4.91. The molecule has 1 aromatic carbocycles. The van der Waals surface area contributed by atoms with Crippen molar-refractivity contribution in [1.82, 2.24) is 4.98 Å². The monoisotopic (exact) mass is 273 g/mol. The second kappa shape index (κ2) is 6.15. The molecule has 0 atom stereocenters. The summed E-state index contributed by atoms with van der Waals surface area (Å²) in [7, 11) is 0. The second-order valence-electron chi connectivity index (χ2n) is 3.86. The third kappa shape index (κ3) is 3.66. The fraction of sp³-hybridized carbons (Fsp3) is 0.143. The Hall–Kier alpha value is -2.14. The maximum atomic E-state index is 5.56. The highest BCUT2D eigenvalue weighted by Gasteiger charge is 2.01. The van der Waals surface area contributed by atoms with Crippen LogP contribution in [0, 0.1) is 0 Å². The van der Waals surface area contributed by atoms with Crippen LogP contribution in [0.5, 0.6) is 5.75 Å². The first-order valence-corrected chi connectivity index (χ1v) is 6.36. The highest BCUT2D eigenvalue weighted by molar-refractivity contribution is 7.80. The number of hydrogen-bond acceptors (Lipinski definition) is 4. The average Bonchev–Trinajstić information content (AvgIpc) is 2.40. The lowest BCUT2D eigenvalue weighted by Crippen LogP contribution is -2.12. The lowest BCUT2D eigenvalue weighted by molar-refractivity contribution is 0.340. The smallest absolute Gasteiger partial charge is 0.131 e. The molecule has 19 heavy (non-hydrogen) atoms. The number of thiocarbonyl (C=S) groups is 1. The van der Waals surface area contributed by atoms with Gasteiger partial charge < -0.3 is 15.8 Å². The molecule has 5 heteroatoms. The molecule has 98 valence electrons. The van der Waals surface area contributed by atoms with E-state index in [9.17, 15) is 0 Å². The Kier molecular flexibility index (Phi) is 4.30. The van der Waals surface area contributed by atoms with E-state index >= 15 is 0 Å². The van der Waals surface area contributed by atoms with E-state index in [0.717, 1.165) is 11.4 Å². The summed E-state index contributed by atoms with van der Waals surface area (Å²) in [6.07, 6.45) is 0. The van der Waals surface area contributed by atoms with E-state index in [1.807, 2.05) is 43.3 Å². The summed E-state index contributed by atoms with van der Waals surface area (Å²) in [6, 6.07) is 13.2. The van der Waals surface area contributed by atoms with Gasteiger partial charge in [0, 0.05) is 11.8 Å². The maximum absolute atomic E-state index is 5.56. The predicted molar refractivity (Wildman–Crippen MR) is 81.0 cm³/mol. The Bertz CT molecular complexity index is 586. The van der Waals surface area contributed by atoms with Gasteiger partial charge in [-0.05, 0) is 31.2 Å². The van der Waals surface area contributed by atoms with E-state index in [0.29, 0.717) is 18.1 Å². The van der Waals surface area contributed by atoms with Gasteiger partial charge in [-0.25, -0.2) is 4.98 Å². The zero-order valence-electron chi connectivity index (χ0n) is 10.6. The summed E-state index contributed by atoms with van der Waals surface area (Å²) in [4.78, 5) is 4.61. The number of nitrogens with zero attached hydrogens (tertiary/aromatic N) is 1. The number of anilines is 2. The molecular formula is C14H15N3OS. The third-order valence-electron chi connectivity index (χ3n) is 2.42. The Morgan fingerprint density at radius 3 is 2.84 bits per heavy atom. The Morgan fingerprint density at radius 2 is 2.11 bits per heavy atom. The van der Waals surface area contributed by atoms with Gasteiger partial charge in [0.2, 0.25) is 0 Å². The summed E-state index contributed by atoms with van der Waals surface area (Å²) < 4.78 is 5.44. The number of nitrogens with one attached hydrogen (secondary N) is 1. The first kappa shape index (κ1) is 13.3. The van der Waals surface area contributed by atoms with Crippen molar-refractivity contribution in [3.05, 3.63) is 48.2 Å². The number of hydrogen-bond donors (Lipinski definition) is 2. The van der Waals surface area contributed by atoms with E-state index in [1.165, 1.54) is 0 Å². The molecule has 2 rings (SSSR count). The molecule has 0 saturated heterocycles. The van der Waals surface area contributed by atoms with Crippen molar-refractivity contribution in [3.63, 3.8) is 0 Å². The van der Waals surface area contributed by atoms with Crippen molar-refractivity contribution in [2.24, 2.45) is 5.73 Å². The molecule has 3 N–H and O–H groups in total. The fourth-order valence-electron chi connectivity index (χ4n) is 1.62. The summed E-state index contributed by atoms with van der Waals surface area (Å²) in [5.41, 5.74) is 7.06. The van der Waals surface area contributed by atoms with Crippen molar-refractivity contribution >= 4 is 28.7 Å². The van der Waals surface area contributed by atoms with E-state index in [-0.39, 0.29) is 4.99 Å². The Morgan fingerprint density at radius 1 is 1.32 bits per heavy atom. The molecule has 1 heterocycles. The molecule has 0 aliphatic heterocycles. The van der Waals surface area contributed by atoms with E-state index in [4.69, 9.17) is 22.7 Å². The molecule has 0 radical (unpaired) electrons. The van der Waals surface area contributed by atoms with Crippen molar-refractivity contribution in [3.8, 4) is 5.75 Å². The number of rotatable bonds is 5. The molecular weight excluding hydrogens is 258 g/mol. The van der Waals surface area contributed by atoms with Gasteiger partial charge in [0.25, 0.3) is 0 Å². The van der Waals surface area contributed by atoms with Crippen LogP contribution in [0.3, 0.4) is 0 Å². The summed E-state index contributed by atoms with van der Waals surface area (Å²) in [5, 5.41) is 3.19. The van der Waals surface area contributed by atoms with Gasteiger partial charge in [0.05, 0.1) is 12.3 Å². The molecule has 4 nitrogen and oxygen atoms in total. The van der Waals surface area contributed by atoms with E-state index in [2.05, 4.69) is 10.3 Å². The summed E-state index contributed by atoms with van der Waals surface area (Å²) in [5.74, 6) is 1.51. The topological polar surface area (TPSA) is 60.2 Å². The SMILES string of the molecule is CCOc1cccc(Nc2cccc(C(N)=S)n2)c1. The quantitative estimate of drug-likeness (QED) is 0.820. The van der Waals surface area contributed by atoms with Gasteiger partial charge in [-0.1, -0.05) is 24.4 Å². The van der Waals surface area contributed by atoms with Gasteiger partial charge in [0.1, 0.15) is 16.6 Å². The zero-order valence-corrected chi connectivity index (χ0v) is 11.4. The zero-order chi connectivity index (χ0) is 13.7. The van der Waals surface area contributed by atoms with Crippen LogP contribution in [-0.4, -0.2) is 16.6 Å². The highest BCUT2D eigenvalue weighted by Crippen LogP contribution is 2.20. The lowest BCUT2D eigenvalue weighted by Gasteiger charge is -2.09. The molecule has 0 spiro atoms. The van der Waals surface area contributed by atoms with Crippen LogP contribution in [0.25, 0.3) is 0 Å². The largest absolute Gasteiger partial charge is 0.494 e. The number of aromatic nitrogens is 1. The third-order valence-corrected chi connectivity index (χ3v) is 2.63. The van der Waals surface area contributed by atoms with Gasteiger partial charge in [0.15, 0.2) is 0 Å². The lowest BCUT2D eigenvalue weighted by atomic mass is 10.3. The van der Waals surface area contributed by atoms with E-state index < -0.39 is 0 Å². The molecule has 0 fully saturated rings. The van der Waals surface area contributed by atoms with Crippen molar-refractivity contribution < 1.29 is 4.74 Å².